The zero-order valence-electron chi connectivity index (χ0n) is 26.9. The van der Waals surface area contributed by atoms with E-state index >= 15 is 0 Å². The van der Waals surface area contributed by atoms with Crippen LogP contribution >= 0.6 is 11.8 Å². The first-order valence-corrected chi connectivity index (χ1v) is 15.9. The third-order valence-corrected chi connectivity index (χ3v) is 7.74. The van der Waals surface area contributed by atoms with E-state index in [1.54, 1.807) is 4.90 Å². The average Bonchev–Trinajstić information content (AvgIpc) is 2.98. The average molecular weight is 609 g/mol. The van der Waals surface area contributed by atoms with E-state index < -0.39 is 0 Å². The zero-order chi connectivity index (χ0) is 31.5. The Labute approximate surface area is 260 Å². The molecule has 0 radical (unpaired) electrons. The number of hydrogen-bond acceptors (Lipinski definition) is 8. The quantitative estimate of drug-likeness (QED) is 0.0980. The highest BCUT2D eigenvalue weighted by Crippen LogP contribution is 2.39. The molecular formula is C33H56N2O6S. The minimum Gasteiger partial charge on any atom is -0.379 e. The largest absolute Gasteiger partial charge is 0.379 e. The summed E-state index contributed by atoms with van der Waals surface area (Å²) in [6, 6.07) is 8.34. The Bertz CT molecular complexity index is 872. The molecule has 0 aromatic heterocycles. The fraction of sp³-hybridized carbons (Fsp3) is 0.667. The Balaban J connectivity index is 0.00000821. The summed E-state index contributed by atoms with van der Waals surface area (Å²) >= 11 is 1.87. The molecule has 240 valence electrons. The number of nitrogens with zero attached hydrogens (tertiary/aromatic N) is 1. The summed E-state index contributed by atoms with van der Waals surface area (Å²) in [5, 5.41) is 0. The normalized spacial score (nSPS) is 11.4. The van der Waals surface area contributed by atoms with Crippen LogP contribution < -0.4 is 5.73 Å². The lowest BCUT2D eigenvalue weighted by Crippen LogP contribution is -2.32. The van der Waals surface area contributed by atoms with Crippen molar-refractivity contribution in [2.75, 3.05) is 85.7 Å². The predicted octanol–water partition coefficient (Wildman–Crippen LogP) is 5.15. The lowest BCUT2D eigenvalue weighted by atomic mass is 10.00. The first kappa shape index (κ1) is 40.1. The van der Waals surface area contributed by atoms with Crippen LogP contribution in [-0.4, -0.2) is 101 Å². The predicted molar refractivity (Wildman–Crippen MR) is 175 cm³/mol. The molecule has 42 heavy (non-hydrogen) atoms. The van der Waals surface area contributed by atoms with Crippen LogP contribution in [0.25, 0.3) is 6.08 Å². The lowest BCUT2D eigenvalue weighted by Gasteiger charge is -2.29. The van der Waals surface area contributed by atoms with E-state index in [-0.39, 0.29) is 23.6 Å². The molecule has 9 heteroatoms. The molecule has 1 aromatic rings. The van der Waals surface area contributed by atoms with Gasteiger partial charge in [0.2, 0.25) is 5.91 Å². The maximum absolute atomic E-state index is 12.7. The van der Waals surface area contributed by atoms with Gasteiger partial charge >= 0.3 is 0 Å². The van der Waals surface area contributed by atoms with E-state index in [0.29, 0.717) is 85.1 Å². The Morgan fingerprint density at radius 3 is 1.93 bits per heavy atom. The Kier molecular flexibility index (Phi) is 25.5. The number of thioether (sulfide) groups is 1. The van der Waals surface area contributed by atoms with E-state index in [9.17, 15) is 4.79 Å². The van der Waals surface area contributed by atoms with Crippen molar-refractivity contribution in [1.82, 2.24) is 4.90 Å². The van der Waals surface area contributed by atoms with Crippen LogP contribution in [0.3, 0.4) is 0 Å². The molecule has 0 spiro atoms. The van der Waals surface area contributed by atoms with Crippen LogP contribution in [0.5, 0.6) is 0 Å². The van der Waals surface area contributed by atoms with Gasteiger partial charge in [0.05, 0.1) is 79.0 Å². The highest BCUT2D eigenvalue weighted by molar-refractivity contribution is 8.00. The van der Waals surface area contributed by atoms with Crippen molar-refractivity contribution in [2.24, 2.45) is 11.7 Å². The fourth-order valence-electron chi connectivity index (χ4n) is 3.17. The van der Waals surface area contributed by atoms with Crippen LogP contribution in [-0.2, 0) is 28.5 Å². The summed E-state index contributed by atoms with van der Waals surface area (Å²) in [6.45, 7) is 19.0. The highest BCUT2D eigenvalue weighted by Gasteiger charge is 2.24. The zero-order valence-corrected chi connectivity index (χ0v) is 27.7. The molecule has 0 atom stereocenters. The van der Waals surface area contributed by atoms with Crippen LogP contribution in [0.4, 0.5) is 0 Å². The number of benzene rings is 1. The molecule has 0 aliphatic heterocycles. The smallest absolute Gasteiger partial charge is 0.225 e. The first-order valence-electron chi connectivity index (χ1n) is 15.1. The SMILES string of the molecule is C#CCN(C/C=C/c1ccccc1SC(C)(C)C(C)C)C(=O)CCOCCOCCOCCOCCOCCN.CC. The number of carbonyl (C=O) groups is 1. The maximum Gasteiger partial charge on any atom is 0.225 e. The third kappa shape index (κ3) is 20.1. The van der Waals surface area contributed by atoms with Crippen molar-refractivity contribution in [3.63, 3.8) is 0 Å². The standard InChI is InChI=1S/C31H50N2O6S.C2H6/c1-6-15-33(16-9-11-28-10-7-8-12-29(28)40-31(4,5)27(2)3)30(34)13-17-35-19-21-37-23-25-39-26-24-38-22-20-36-18-14-32;1-2/h1,7-12,27H,13-26,32H2,2-5H3;1-2H3/b11-9+;. The first-order chi connectivity index (χ1) is 20.3. The molecule has 0 saturated carbocycles. The number of ether oxygens (including phenoxy) is 5. The number of amides is 1. The number of rotatable bonds is 24. The van der Waals surface area contributed by atoms with Gasteiger partial charge in [-0.05, 0) is 17.5 Å². The van der Waals surface area contributed by atoms with Gasteiger partial charge in [0, 0.05) is 22.7 Å². The highest BCUT2D eigenvalue weighted by atomic mass is 32.2. The van der Waals surface area contributed by atoms with Gasteiger partial charge in [0.15, 0.2) is 0 Å². The number of nitrogens with two attached hydrogens (primary N) is 1. The summed E-state index contributed by atoms with van der Waals surface area (Å²) in [6.07, 6.45) is 9.85. The van der Waals surface area contributed by atoms with E-state index in [4.69, 9.17) is 35.8 Å². The van der Waals surface area contributed by atoms with E-state index in [2.05, 4.69) is 57.9 Å². The molecule has 0 unspecified atom stereocenters. The molecule has 0 fully saturated rings. The second kappa shape index (κ2) is 26.7. The van der Waals surface area contributed by atoms with Gasteiger partial charge in [-0.3, -0.25) is 4.79 Å². The second-order valence-corrected chi connectivity index (χ2v) is 11.6. The molecule has 8 nitrogen and oxygen atoms in total. The molecule has 1 aromatic carbocycles. The summed E-state index contributed by atoms with van der Waals surface area (Å²) in [7, 11) is 0. The third-order valence-electron chi connectivity index (χ3n) is 6.15. The van der Waals surface area contributed by atoms with Gasteiger partial charge in [0.25, 0.3) is 0 Å². The van der Waals surface area contributed by atoms with Gasteiger partial charge in [-0.25, -0.2) is 0 Å². The summed E-state index contributed by atoms with van der Waals surface area (Å²) in [5.74, 6) is 3.09. The van der Waals surface area contributed by atoms with Crippen LogP contribution in [0.15, 0.2) is 35.2 Å². The van der Waals surface area contributed by atoms with Crippen molar-refractivity contribution in [2.45, 2.75) is 57.6 Å². The minimum atomic E-state index is -0.0336. The monoisotopic (exact) mass is 608 g/mol. The molecule has 0 heterocycles. The molecule has 2 N–H and O–H groups in total. The maximum atomic E-state index is 12.7. The molecule has 1 amide bonds. The van der Waals surface area contributed by atoms with Crippen molar-refractivity contribution in [3.05, 3.63) is 35.9 Å². The molecule has 0 saturated heterocycles. The van der Waals surface area contributed by atoms with Crippen molar-refractivity contribution < 1.29 is 28.5 Å². The Hall–Kier alpha value is -1.90. The van der Waals surface area contributed by atoms with Crippen LogP contribution in [0.1, 0.15) is 53.5 Å². The summed E-state index contributed by atoms with van der Waals surface area (Å²) in [5.41, 5.74) is 6.48. The van der Waals surface area contributed by atoms with Crippen molar-refractivity contribution in [1.29, 1.82) is 0 Å². The lowest BCUT2D eigenvalue weighted by molar-refractivity contribution is -0.131. The molecule has 1 rings (SSSR count). The van der Waals surface area contributed by atoms with Gasteiger partial charge in [-0.15, -0.1) is 18.2 Å². The van der Waals surface area contributed by atoms with Crippen LogP contribution in [0.2, 0.25) is 0 Å². The van der Waals surface area contributed by atoms with Crippen molar-refractivity contribution in [3.8, 4) is 12.3 Å². The molecular weight excluding hydrogens is 552 g/mol. The van der Waals surface area contributed by atoms with Crippen LogP contribution in [0, 0.1) is 18.3 Å². The molecule has 0 bridgehead atoms. The molecule has 0 aliphatic rings. The summed E-state index contributed by atoms with van der Waals surface area (Å²) in [4.78, 5) is 15.6. The van der Waals surface area contributed by atoms with Gasteiger partial charge in [-0.1, -0.05) is 77.8 Å². The van der Waals surface area contributed by atoms with Gasteiger partial charge < -0.3 is 34.3 Å². The number of terminal acetylenes is 1. The van der Waals surface area contributed by atoms with E-state index in [1.807, 2.05) is 37.8 Å². The number of hydrogen-bond donors (Lipinski definition) is 1. The van der Waals surface area contributed by atoms with Crippen molar-refractivity contribution >= 4 is 23.7 Å². The summed E-state index contributed by atoms with van der Waals surface area (Å²) < 4.78 is 27.2. The van der Waals surface area contributed by atoms with Gasteiger partial charge in [0.1, 0.15) is 0 Å². The Morgan fingerprint density at radius 1 is 0.929 bits per heavy atom. The molecule has 0 aliphatic carbocycles. The number of carbonyl (C=O) groups excluding carboxylic acids is 1. The second-order valence-electron chi connectivity index (χ2n) is 9.88. The van der Waals surface area contributed by atoms with E-state index in [1.165, 1.54) is 4.90 Å². The minimum absolute atomic E-state index is 0.0336. The van der Waals surface area contributed by atoms with Gasteiger partial charge in [-0.2, -0.15) is 0 Å². The van der Waals surface area contributed by atoms with E-state index in [0.717, 1.165) is 5.56 Å². The topological polar surface area (TPSA) is 92.5 Å². The fourth-order valence-corrected chi connectivity index (χ4v) is 4.37. The Morgan fingerprint density at radius 2 is 1.43 bits per heavy atom.